The van der Waals surface area contributed by atoms with Crippen LogP contribution in [0.15, 0.2) is 18.2 Å². The van der Waals surface area contributed by atoms with Crippen molar-refractivity contribution in [2.24, 2.45) is 0 Å². The average Bonchev–Trinajstić information content (AvgIpc) is 2.35. The van der Waals surface area contributed by atoms with Gasteiger partial charge in [-0.2, -0.15) is 0 Å². The molecule has 0 bridgehead atoms. The van der Waals surface area contributed by atoms with Crippen LogP contribution >= 0.6 is 0 Å². The van der Waals surface area contributed by atoms with Crippen LogP contribution in [-0.4, -0.2) is 43.6 Å². The summed E-state index contributed by atoms with van der Waals surface area (Å²) in [5.41, 5.74) is 1.75. The summed E-state index contributed by atoms with van der Waals surface area (Å²) >= 11 is 0. The minimum Gasteiger partial charge on any atom is -0.496 e. The van der Waals surface area contributed by atoms with E-state index in [1.54, 1.807) is 7.11 Å². The van der Waals surface area contributed by atoms with Crippen LogP contribution in [0.1, 0.15) is 29.3 Å². The number of benzene rings is 1. The van der Waals surface area contributed by atoms with Crippen LogP contribution in [0.4, 0.5) is 0 Å². The van der Waals surface area contributed by atoms with Crippen molar-refractivity contribution in [2.75, 3.05) is 26.7 Å². The van der Waals surface area contributed by atoms with Crippen LogP contribution in [0.2, 0.25) is 0 Å². The number of hydrogen-bond acceptors (Lipinski definition) is 3. The molecule has 1 fully saturated rings. The molecule has 0 aromatic heterocycles. The van der Waals surface area contributed by atoms with Crippen molar-refractivity contribution < 1.29 is 9.53 Å². The number of carbonyl (C=O) groups is 1. The monoisotopic (exact) mass is 262 g/mol. The highest BCUT2D eigenvalue weighted by Crippen LogP contribution is 2.23. The number of aryl methyl sites for hydroxylation is 1. The first-order valence-corrected chi connectivity index (χ1v) is 6.83. The van der Waals surface area contributed by atoms with E-state index in [0.29, 0.717) is 17.4 Å². The van der Waals surface area contributed by atoms with E-state index in [1.165, 1.54) is 0 Å². The van der Waals surface area contributed by atoms with E-state index in [9.17, 15) is 4.79 Å². The number of nitrogens with zero attached hydrogens (tertiary/aromatic N) is 1. The molecule has 0 unspecified atom stereocenters. The Morgan fingerprint density at radius 2 is 2.21 bits per heavy atom. The lowest BCUT2D eigenvalue weighted by Crippen LogP contribution is -2.59. The molecule has 1 aliphatic heterocycles. The number of amides is 1. The minimum absolute atomic E-state index is 0.0777. The molecule has 0 atom stereocenters. The summed E-state index contributed by atoms with van der Waals surface area (Å²) in [5, 5.41) is 3.22. The van der Waals surface area contributed by atoms with E-state index >= 15 is 0 Å². The van der Waals surface area contributed by atoms with Crippen molar-refractivity contribution in [3.63, 3.8) is 0 Å². The topological polar surface area (TPSA) is 41.6 Å². The fourth-order valence-corrected chi connectivity index (χ4v) is 2.33. The molecule has 1 N–H and O–H groups in total. The predicted molar refractivity (Wildman–Crippen MR) is 75.7 cm³/mol. The van der Waals surface area contributed by atoms with Crippen molar-refractivity contribution in [3.8, 4) is 5.75 Å². The second-order valence-corrected chi connectivity index (χ2v) is 5.01. The van der Waals surface area contributed by atoms with E-state index in [-0.39, 0.29) is 5.91 Å². The number of carbonyl (C=O) groups excluding carboxylic acids is 1. The van der Waals surface area contributed by atoms with E-state index in [1.807, 2.05) is 30.0 Å². The van der Waals surface area contributed by atoms with Crippen molar-refractivity contribution in [1.82, 2.24) is 10.2 Å². The molecule has 1 aromatic carbocycles. The fourth-order valence-electron chi connectivity index (χ4n) is 2.33. The summed E-state index contributed by atoms with van der Waals surface area (Å²) in [4.78, 5) is 14.7. The number of methoxy groups -OCH3 is 1. The van der Waals surface area contributed by atoms with Gasteiger partial charge in [-0.3, -0.25) is 4.79 Å². The maximum Gasteiger partial charge on any atom is 0.257 e. The Morgan fingerprint density at radius 1 is 1.47 bits per heavy atom. The van der Waals surface area contributed by atoms with E-state index in [0.717, 1.165) is 31.6 Å². The molecule has 1 aromatic rings. The third-order valence-electron chi connectivity index (χ3n) is 3.51. The molecule has 19 heavy (non-hydrogen) atoms. The van der Waals surface area contributed by atoms with Gasteiger partial charge in [0.2, 0.25) is 0 Å². The van der Waals surface area contributed by atoms with Gasteiger partial charge in [0.05, 0.1) is 18.7 Å². The van der Waals surface area contributed by atoms with Crippen LogP contribution in [0.25, 0.3) is 0 Å². The molecule has 1 heterocycles. The lowest BCUT2D eigenvalue weighted by atomic mass is 10.1. The Bertz CT molecular complexity index is 455. The van der Waals surface area contributed by atoms with Crippen LogP contribution in [0.5, 0.6) is 5.75 Å². The fraction of sp³-hybridized carbons (Fsp3) is 0.533. The second kappa shape index (κ2) is 6.06. The van der Waals surface area contributed by atoms with E-state index in [2.05, 4.69) is 12.2 Å². The van der Waals surface area contributed by atoms with Gasteiger partial charge in [0, 0.05) is 19.6 Å². The summed E-state index contributed by atoms with van der Waals surface area (Å²) in [5.74, 6) is 0.734. The van der Waals surface area contributed by atoms with Crippen LogP contribution in [0.3, 0.4) is 0 Å². The molecule has 1 saturated heterocycles. The molecule has 4 nitrogen and oxygen atoms in total. The van der Waals surface area contributed by atoms with Crippen molar-refractivity contribution in [3.05, 3.63) is 29.3 Å². The zero-order valence-electron chi connectivity index (χ0n) is 11.9. The predicted octanol–water partition coefficient (Wildman–Crippen LogP) is 1.83. The quantitative estimate of drug-likeness (QED) is 0.880. The van der Waals surface area contributed by atoms with Gasteiger partial charge in [0.25, 0.3) is 5.91 Å². The molecule has 1 aliphatic rings. The number of nitrogens with one attached hydrogen (secondary N) is 1. The van der Waals surface area contributed by atoms with Crippen molar-refractivity contribution >= 4 is 5.91 Å². The lowest BCUT2D eigenvalue weighted by molar-refractivity contribution is 0.0612. The second-order valence-electron chi connectivity index (χ2n) is 5.01. The Morgan fingerprint density at radius 3 is 2.74 bits per heavy atom. The highest BCUT2D eigenvalue weighted by atomic mass is 16.5. The molecule has 4 heteroatoms. The Kier molecular flexibility index (Phi) is 4.43. The normalized spacial score (nSPS) is 14.9. The van der Waals surface area contributed by atoms with Crippen molar-refractivity contribution in [1.29, 1.82) is 0 Å². The summed E-state index contributed by atoms with van der Waals surface area (Å²) < 4.78 is 5.32. The zero-order chi connectivity index (χ0) is 13.8. The first-order valence-electron chi connectivity index (χ1n) is 6.83. The highest BCUT2D eigenvalue weighted by Gasteiger charge is 2.29. The number of ether oxygens (including phenoxy) is 1. The van der Waals surface area contributed by atoms with Gasteiger partial charge in [-0.25, -0.2) is 0 Å². The SMILES string of the molecule is CCCN(C(=O)c1cc(C)ccc1OC)C1CNC1. The van der Waals surface area contributed by atoms with Crippen molar-refractivity contribution in [2.45, 2.75) is 26.3 Å². The zero-order valence-corrected chi connectivity index (χ0v) is 11.9. The highest BCUT2D eigenvalue weighted by molar-refractivity contribution is 5.97. The smallest absolute Gasteiger partial charge is 0.257 e. The van der Waals surface area contributed by atoms with Gasteiger partial charge in [0.15, 0.2) is 0 Å². The lowest BCUT2D eigenvalue weighted by Gasteiger charge is -2.38. The van der Waals surface area contributed by atoms with Gasteiger partial charge in [0.1, 0.15) is 5.75 Å². The number of rotatable bonds is 5. The molecule has 2 rings (SSSR count). The van der Waals surface area contributed by atoms with Crippen LogP contribution in [-0.2, 0) is 0 Å². The molecular formula is C15H22N2O2. The summed E-state index contributed by atoms with van der Waals surface area (Å²) in [6.45, 7) is 6.66. The molecule has 0 spiro atoms. The summed E-state index contributed by atoms with van der Waals surface area (Å²) in [6, 6.07) is 6.06. The molecule has 0 saturated carbocycles. The maximum absolute atomic E-state index is 12.7. The molecule has 0 radical (unpaired) electrons. The molecule has 1 amide bonds. The van der Waals surface area contributed by atoms with Crippen LogP contribution in [0, 0.1) is 6.92 Å². The third kappa shape index (κ3) is 2.89. The Balaban J connectivity index is 2.27. The van der Waals surface area contributed by atoms with Crippen LogP contribution < -0.4 is 10.1 Å². The summed E-state index contributed by atoms with van der Waals surface area (Å²) in [6.07, 6.45) is 0.969. The van der Waals surface area contributed by atoms with Gasteiger partial charge < -0.3 is 15.0 Å². The van der Waals surface area contributed by atoms with Gasteiger partial charge in [-0.05, 0) is 25.5 Å². The van der Waals surface area contributed by atoms with E-state index in [4.69, 9.17) is 4.74 Å². The summed E-state index contributed by atoms with van der Waals surface area (Å²) in [7, 11) is 1.61. The third-order valence-corrected chi connectivity index (χ3v) is 3.51. The Labute approximate surface area is 114 Å². The van der Waals surface area contributed by atoms with E-state index < -0.39 is 0 Å². The van der Waals surface area contributed by atoms with Gasteiger partial charge >= 0.3 is 0 Å². The largest absolute Gasteiger partial charge is 0.496 e. The first-order chi connectivity index (χ1) is 9.17. The Hall–Kier alpha value is -1.55. The van der Waals surface area contributed by atoms with Gasteiger partial charge in [-0.15, -0.1) is 0 Å². The molecule has 0 aliphatic carbocycles. The maximum atomic E-state index is 12.7. The molecular weight excluding hydrogens is 240 g/mol. The number of hydrogen-bond donors (Lipinski definition) is 1. The first kappa shape index (κ1) is 13.9. The van der Waals surface area contributed by atoms with Gasteiger partial charge in [-0.1, -0.05) is 18.6 Å². The molecule has 104 valence electrons. The average molecular weight is 262 g/mol. The standard InChI is InChI=1S/C15H22N2O2/c1-4-7-17(12-9-16-10-12)15(18)13-8-11(2)5-6-14(13)19-3/h5-6,8,12,16H,4,7,9-10H2,1-3H3. The minimum atomic E-state index is 0.0777.